The van der Waals surface area contributed by atoms with Crippen LogP contribution in [0, 0.1) is 64.1 Å². The number of allylic oxidation sites excluding steroid dienone is 1. The Labute approximate surface area is 764 Å². The minimum atomic E-state index is -0.935. The fourth-order valence-electron chi connectivity index (χ4n) is 10.0. The van der Waals surface area contributed by atoms with Crippen molar-refractivity contribution < 1.29 is 92.2 Å². The molecule has 0 atom stereocenters. The average Bonchev–Trinajstić information content (AvgIpc) is 1.70. The van der Waals surface area contributed by atoms with Crippen molar-refractivity contribution in [2.24, 2.45) is 0 Å². The number of fused-ring (bicyclic) bond motifs is 4. The van der Waals surface area contributed by atoms with Gasteiger partial charge in [-0.1, -0.05) is 145 Å². The Balaban J connectivity index is 0.000000212. The first kappa shape index (κ1) is 98.4. The first-order valence-corrected chi connectivity index (χ1v) is 43.0. The number of carboxylic acids is 1. The number of rotatable bonds is 13. The number of ether oxygens (including phenoxy) is 2. The number of carbonyl (C=O) groups excluding carboxylic acids is 2. The van der Waals surface area contributed by atoms with Gasteiger partial charge in [-0.25, -0.2) is 59.7 Å². The van der Waals surface area contributed by atoms with Crippen LogP contribution in [0.1, 0.15) is 48.6 Å². The van der Waals surface area contributed by atoms with Crippen molar-refractivity contribution in [3.63, 3.8) is 0 Å². The van der Waals surface area contributed by atoms with Gasteiger partial charge >= 0.3 is 45.4 Å². The van der Waals surface area contributed by atoms with Crippen LogP contribution in [-0.2, 0) is 82.0 Å². The van der Waals surface area contributed by atoms with E-state index in [-0.39, 0.29) is 70.3 Å². The fraction of sp³-hybridized carbons (Fsp3) is 0.0909. The molecule has 6 aromatic carbocycles. The first-order chi connectivity index (χ1) is 57.7. The van der Waals surface area contributed by atoms with E-state index < -0.39 is 17.9 Å². The molecule has 11 aromatic heterocycles. The van der Waals surface area contributed by atoms with Crippen molar-refractivity contribution in [1.29, 1.82) is 0 Å². The van der Waals surface area contributed by atoms with Gasteiger partial charge < -0.3 is 49.6 Å². The third-order valence-electron chi connectivity index (χ3n) is 15.8. The van der Waals surface area contributed by atoms with E-state index in [1.54, 1.807) is 76.2 Å². The molecule has 17 rings (SSSR count). The molecule has 2 N–H and O–H groups in total. The van der Waals surface area contributed by atoms with E-state index in [0.717, 1.165) is 76.4 Å². The number of hydrogen-bond donors (Lipinski definition) is 2. The molecule has 0 unspecified atom stereocenters. The molecule has 0 saturated heterocycles. The van der Waals surface area contributed by atoms with Gasteiger partial charge in [0.25, 0.3) is 0 Å². The molecule has 0 saturated carbocycles. The quantitative estimate of drug-likeness (QED) is 0.0363. The van der Waals surface area contributed by atoms with E-state index in [0.29, 0.717) is 0 Å². The molecule has 2 radical (unpaired) electrons. The largest absolute Gasteiger partial charge is 0.305 e. The van der Waals surface area contributed by atoms with Gasteiger partial charge in [-0.15, -0.1) is 166 Å². The van der Waals surface area contributed by atoms with Gasteiger partial charge in [0.2, 0.25) is 0 Å². The summed E-state index contributed by atoms with van der Waals surface area (Å²) in [6.07, 6.45) is 17.2. The summed E-state index contributed by atoms with van der Waals surface area (Å²) in [7, 11) is 4.64. The number of aromatic nitrogens is 7. The van der Waals surface area contributed by atoms with E-state index in [9.17, 15) is 14.4 Å². The van der Waals surface area contributed by atoms with Crippen molar-refractivity contribution in [3.8, 4) is 64.8 Å². The van der Waals surface area contributed by atoms with Gasteiger partial charge in [0.1, 0.15) is 13.2 Å². The number of pyridine rings is 7. The van der Waals surface area contributed by atoms with Crippen LogP contribution in [0.15, 0.2) is 335 Å². The molecule has 0 aliphatic rings. The van der Waals surface area contributed by atoms with Gasteiger partial charge in [0.05, 0.1) is 11.8 Å². The van der Waals surface area contributed by atoms with Gasteiger partial charge in [-0.3, -0.25) is 4.98 Å². The number of carboxylic acid groups (broad SMARTS) is 1. The van der Waals surface area contributed by atoms with E-state index in [2.05, 4.69) is 235 Å². The van der Waals surface area contributed by atoms with Crippen LogP contribution in [0.2, 0.25) is 0 Å². The zero-order valence-corrected chi connectivity index (χ0v) is 78.2. The molecule has 0 bridgehead atoms. The summed E-state index contributed by atoms with van der Waals surface area (Å²) < 4.78 is 14.3. The number of esters is 2. The SMILES string of the molecule is C=C(C)C(=O)O.C=C(C)C(=O)OCCOC(=O)C=C(C)O.C=Cc1ccncc1.Cc1ccnc(-c2[c-]c3ccccc3s2)c1.Cc1ccnc(-c2[c-]c3ccccc3s2)c1.Cc1ccnc(-c2[c-]c3ccccc3s2)c1.Cc1ccnc(-c2[c-]c3ccccc3s2)c1.[Cl][Ir+2].[Ir].[Ir].[c-]1ccccc1-c1ccccn1.[c-]1ccccc1-c1ccccn1. The molecule has 121 heavy (non-hydrogen) atoms. The molecular formula is C99H83ClIr3N7O7S4-4. The maximum Gasteiger partial charge on any atom is 0.0160 e. The number of aliphatic hydroxyl groups is 1. The van der Waals surface area contributed by atoms with Crippen LogP contribution in [0.4, 0.5) is 0 Å². The molecule has 0 aliphatic carbocycles. The summed E-state index contributed by atoms with van der Waals surface area (Å²) in [5.74, 6) is -2.28. The molecule has 22 heteroatoms. The molecule has 17 aromatic rings. The van der Waals surface area contributed by atoms with Crippen LogP contribution in [0.3, 0.4) is 0 Å². The van der Waals surface area contributed by atoms with E-state index in [4.69, 9.17) is 10.2 Å². The van der Waals surface area contributed by atoms with Crippen LogP contribution >= 0.6 is 54.9 Å². The zero-order chi connectivity index (χ0) is 85.1. The molecule has 0 amide bonds. The van der Waals surface area contributed by atoms with Crippen molar-refractivity contribution in [2.45, 2.75) is 48.5 Å². The van der Waals surface area contributed by atoms with Crippen molar-refractivity contribution >= 4 is 119 Å². The molecule has 11 heterocycles. The summed E-state index contributed by atoms with van der Waals surface area (Å²) in [5.41, 5.74) is 14.6. The standard InChI is InChI=1S/4C14H10NS.2C11H8N.C10H14O5.C7H7N.C4H6O2.ClH.3Ir/c4*1-10-6-7-15-12(8-10)14-9-11-4-2-3-5-13(11)16-14;2*1-2-6-10(7-3-1)11-8-4-5-9-12-11;1-7(2)10(13)15-5-4-14-9(12)6-8(3)11;1-2-7-3-5-8-6-4-7;1-3(2)4(5)6;;;;/h4*2-8H,1H3;2*1-6,8-9H;6,11H,1,4-5H2,2-3H3;2-6H,1H2;1H2,2H3,(H,5,6);1H;;;/q6*-1;;;;;;;+3/p-1. The molecule has 0 spiro atoms. The van der Waals surface area contributed by atoms with Crippen molar-refractivity contribution in [3.05, 3.63) is 399 Å². The summed E-state index contributed by atoms with van der Waals surface area (Å²) in [5, 5.41) is 21.3. The molecule has 14 nitrogen and oxygen atoms in total. The maximum absolute atomic E-state index is 10.9. The van der Waals surface area contributed by atoms with E-state index in [1.807, 2.05) is 170 Å². The van der Waals surface area contributed by atoms with Gasteiger partial charge in [0, 0.05) is 124 Å². The second kappa shape index (κ2) is 54.0. The first-order valence-electron chi connectivity index (χ1n) is 36.8. The summed E-state index contributed by atoms with van der Waals surface area (Å²) in [6, 6.07) is 101. The maximum atomic E-state index is 10.9. The van der Waals surface area contributed by atoms with Gasteiger partial charge in [0.15, 0.2) is 0 Å². The predicted molar refractivity (Wildman–Crippen MR) is 487 cm³/mol. The minimum absolute atomic E-state index is 0. The number of hydrogen-bond acceptors (Lipinski definition) is 17. The smallest absolute Gasteiger partial charge is 0.0160 e. The Hall–Kier alpha value is -11.4. The monoisotopic (exact) mass is 2220 g/mol. The van der Waals surface area contributed by atoms with E-state index in [1.165, 1.54) is 101 Å². The second-order valence-corrected chi connectivity index (χ2v) is 29.7. The number of halogens is 1. The predicted octanol–water partition coefficient (Wildman–Crippen LogP) is 25.5. The summed E-state index contributed by atoms with van der Waals surface area (Å²) >= 11 is 8.44. The zero-order valence-electron chi connectivity index (χ0n) is 67.0. The van der Waals surface area contributed by atoms with Crippen LogP contribution < -0.4 is 0 Å². The number of aliphatic hydroxyl groups excluding tert-OH is 1. The Kier molecular flexibility index (Phi) is 43.9. The third-order valence-corrected chi connectivity index (χ3v) is 20.2. The topological polar surface area (TPSA) is 200 Å². The summed E-state index contributed by atoms with van der Waals surface area (Å²) in [6.45, 7) is 22.7. The van der Waals surface area contributed by atoms with Crippen LogP contribution in [0.25, 0.3) is 111 Å². The van der Waals surface area contributed by atoms with Crippen molar-refractivity contribution in [1.82, 2.24) is 34.9 Å². The van der Waals surface area contributed by atoms with Gasteiger partial charge in [-0.2, -0.15) is 0 Å². The Morgan fingerprint density at radius 2 is 0.711 bits per heavy atom. The molecule has 618 valence electrons. The second-order valence-electron chi connectivity index (χ2n) is 25.5. The van der Waals surface area contributed by atoms with Crippen LogP contribution in [0.5, 0.6) is 0 Å². The van der Waals surface area contributed by atoms with E-state index >= 15 is 0 Å². The molecule has 0 fully saturated rings. The number of benzene rings is 6. The summed E-state index contributed by atoms with van der Waals surface area (Å²) in [4.78, 5) is 65.5. The number of carbonyl (C=O) groups is 3. The Bertz CT molecular complexity index is 5320. The number of thiophene rings is 4. The third kappa shape index (κ3) is 34.3. The number of nitrogens with zero attached hydrogens (tertiary/aromatic N) is 7. The molecule has 0 aliphatic heterocycles. The number of aryl methyl sites for hydroxylation is 4. The number of aliphatic carboxylic acids is 1. The molecular weight excluding hydrogens is 2140 g/mol. The normalized spacial score (nSPS) is 9.94. The average molecular weight is 2220 g/mol. The fourth-order valence-corrected chi connectivity index (χ4v) is 13.9. The van der Waals surface area contributed by atoms with Crippen LogP contribution in [-0.4, -0.2) is 76.2 Å². The van der Waals surface area contributed by atoms with Gasteiger partial charge in [-0.05, 0) is 152 Å². The van der Waals surface area contributed by atoms with Crippen molar-refractivity contribution in [2.75, 3.05) is 13.2 Å². The minimum Gasteiger partial charge on any atom is -0.305 e. The Morgan fingerprint density at radius 1 is 0.405 bits per heavy atom. The Morgan fingerprint density at radius 3 is 0.967 bits per heavy atom.